The molecule has 0 radical (unpaired) electrons. The number of carbonyl (C=O) groups excluding carboxylic acids is 1. The van der Waals surface area contributed by atoms with Gasteiger partial charge in [-0.25, -0.2) is 4.98 Å². The van der Waals surface area contributed by atoms with E-state index in [1.54, 1.807) is 28.5 Å². The second-order valence-electron chi connectivity index (χ2n) is 5.84. The van der Waals surface area contributed by atoms with Crippen molar-refractivity contribution in [2.45, 2.75) is 19.0 Å². The highest BCUT2D eigenvalue weighted by Gasteiger charge is 2.33. The van der Waals surface area contributed by atoms with Crippen LogP contribution in [0.15, 0.2) is 35.8 Å². The second-order valence-corrected chi connectivity index (χ2v) is 6.71. The van der Waals surface area contributed by atoms with Gasteiger partial charge in [0.25, 0.3) is 0 Å². The molecule has 0 bridgehead atoms. The lowest BCUT2D eigenvalue weighted by Crippen LogP contribution is -2.48. The van der Waals surface area contributed by atoms with Crippen LogP contribution in [0.4, 0.5) is 18.3 Å². The fourth-order valence-corrected chi connectivity index (χ4v) is 3.63. The highest BCUT2D eigenvalue weighted by atomic mass is 35.5. The van der Waals surface area contributed by atoms with Crippen LogP contribution in [0.1, 0.15) is 17.5 Å². The van der Waals surface area contributed by atoms with Gasteiger partial charge in [0.2, 0.25) is 5.91 Å². The van der Waals surface area contributed by atoms with E-state index in [2.05, 4.69) is 9.88 Å². The molecule has 0 aliphatic carbocycles. The van der Waals surface area contributed by atoms with Gasteiger partial charge in [-0.1, -0.05) is 18.2 Å². The first-order chi connectivity index (χ1) is 11.9. The maximum Gasteiger partial charge on any atom is 0.416 e. The molecule has 1 aromatic heterocycles. The lowest BCUT2D eigenvalue weighted by Gasteiger charge is -2.34. The van der Waals surface area contributed by atoms with Gasteiger partial charge in [-0.3, -0.25) is 4.79 Å². The van der Waals surface area contributed by atoms with E-state index >= 15 is 0 Å². The van der Waals surface area contributed by atoms with Crippen molar-refractivity contribution >= 4 is 34.8 Å². The summed E-state index contributed by atoms with van der Waals surface area (Å²) in [6.45, 7) is 2.52. The maximum atomic E-state index is 13.0. The number of anilines is 1. The zero-order chi connectivity index (χ0) is 17.9. The molecule has 1 fully saturated rings. The van der Waals surface area contributed by atoms with Gasteiger partial charge in [0, 0.05) is 44.2 Å². The number of aryl methyl sites for hydroxylation is 1. The Hall–Kier alpha value is -1.80. The standard InChI is InChI=1S/C17H18F3N3OS.ClH/c18-17(19,20)14-4-2-1-3-13(14)5-6-15(24)22-8-10-23(11-9-22)16-21-7-12-25-16;/h1-4,7,12H,5-6,8-11H2;1H. The van der Waals surface area contributed by atoms with Gasteiger partial charge in [-0.2, -0.15) is 13.2 Å². The van der Waals surface area contributed by atoms with E-state index < -0.39 is 11.7 Å². The van der Waals surface area contributed by atoms with Crippen molar-refractivity contribution in [3.05, 3.63) is 47.0 Å². The minimum atomic E-state index is -4.39. The maximum absolute atomic E-state index is 13.0. The molecule has 1 aliphatic heterocycles. The zero-order valence-corrected chi connectivity index (χ0v) is 15.5. The number of aromatic nitrogens is 1. The predicted octanol–water partition coefficient (Wildman–Crippen LogP) is 3.87. The Morgan fingerprint density at radius 3 is 2.46 bits per heavy atom. The fraction of sp³-hybridized carbons (Fsp3) is 0.412. The van der Waals surface area contributed by atoms with E-state index in [1.165, 1.54) is 12.1 Å². The first kappa shape index (κ1) is 20.5. The van der Waals surface area contributed by atoms with Gasteiger partial charge in [0.05, 0.1) is 5.56 Å². The molecule has 1 aliphatic rings. The number of hydrogen-bond acceptors (Lipinski definition) is 4. The van der Waals surface area contributed by atoms with Crippen molar-refractivity contribution in [2.24, 2.45) is 0 Å². The number of carbonyl (C=O) groups is 1. The van der Waals surface area contributed by atoms with Gasteiger partial charge >= 0.3 is 6.18 Å². The highest BCUT2D eigenvalue weighted by molar-refractivity contribution is 7.13. The van der Waals surface area contributed by atoms with E-state index in [0.717, 1.165) is 11.2 Å². The molecular weight excluding hydrogens is 387 g/mol. The summed E-state index contributed by atoms with van der Waals surface area (Å²) >= 11 is 1.56. The Morgan fingerprint density at radius 1 is 1.15 bits per heavy atom. The number of rotatable bonds is 4. The van der Waals surface area contributed by atoms with Gasteiger partial charge in [-0.15, -0.1) is 23.7 Å². The molecule has 1 saturated heterocycles. The quantitative estimate of drug-likeness (QED) is 0.774. The Labute approximate surface area is 160 Å². The smallest absolute Gasteiger partial charge is 0.345 e. The van der Waals surface area contributed by atoms with Crippen LogP contribution in [0.3, 0.4) is 0 Å². The van der Waals surface area contributed by atoms with E-state index in [1.807, 2.05) is 5.38 Å². The van der Waals surface area contributed by atoms with Crippen LogP contribution in [0.25, 0.3) is 0 Å². The first-order valence-corrected chi connectivity index (χ1v) is 8.90. The fourth-order valence-electron chi connectivity index (χ4n) is 2.93. The van der Waals surface area contributed by atoms with E-state index in [-0.39, 0.29) is 36.7 Å². The summed E-state index contributed by atoms with van der Waals surface area (Å²) in [5.74, 6) is -0.101. The third-order valence-corrected chi connectivity index (χ3v) is 5.09. The third kappa shape index (κ3) is 4.88. The summed E-state index contributed by atoms with van der Waals surface area (Å²) in [5.41, 5.74) is -0.485. The molecule has 142 valence electrons. The predicted molar refractivity (Wildman–Crippen MR) is 97.9 cm³/mol. The summed E-state index contributed by atoms with van der Waals surface area (Å²) in [7, 11) is 0. The number of halogens is 4. The Balaban J connectivity index is 0.00000243. The molecule has 0 saturated carbocycles. The molecule has 0 atom stereocenters. The molecule has 2 aromatic rings. The zero-order valence-electron chi connectivity index (χ0n) is 13.9. The molecule has 9 heteroatoms. The highest BCUT2D eigenvalue weighted by Crippen LogP contribution is 2.32. The van der Waals surface area contributed by atoms with Crippen molar-refractivity contribution in [2.75, 3.05) is 31.1 Å². The van der Waals surface area contributed by atoms with Crippen molar-refractivity contribution in [1.29, 1.82) is 0 Å². The summed E-state index contributed by atoms with van der Waals surface area (Å²) in [4.78, 5) is 20.4. The molecule has 1 aromatic carbocycles. The second kappa shape index (κ2) is 8.73. The summed E-state index contributed by atoms with van der Waals surface area (Å²) in [6, 6.07) is 5.44. The minimum absolute atomic E-state index is 0. The monoisotopic (exact) mass is 405 g/mol. The normalized spacial score (nSPS) is 14.9. The van der Waals surface area contributed by atoms with Crippen LogP contribution in [0.5, 0.6) is 0 Å². The van der Waals surface area contributed by atoms with E-state index in [0.29, 0.717) is 26.2 Å². The summed E-state index contributed by atoms with van der Waals surface area (Å²) in [5, 5.41) is 2.84. The molecule has 3 rings (SSSR count). The van der Waals surface area contributed by atoms with Gasteiger partial charge in [0.15, 0.2) is 5.13 Å². The molecule has 0 unspecified atom stereocenters. The Bertz CT molecular complexity index is 716. The van der Waals surface area contributed by atoms with Gasteiger partial charge in [-0.05, 0) is 18.1 Å². The van der Waals surface area contributed by atoms with Gasteiger partial charge in [0.1, 0.15) is 0 Å². The first-order valence-electron chi connectivity index (χ1n) is 8.02. The molecule has 0 spiro atoms. The average Bonchev–Trinajstić information content (AvgIpc) is 3.14. The number of nitrogens with zero attached hydrogens (tertiary/aromatic N) is 3. The lowest BCUT2D eigenvalue weighted by atomic mass is 10.0. The van der Waals surface area contributed by atoms with Gasteiger partial charge < -0.3 is 9.80 Å². The van der Waals surface area contributed by atoms with Crippen LogP contribution < -0.4 is 4.90 Å². The number of piperazine rings is 1. The molecule has 2 heterocycles. The van der Waals surface area contributed by atoms with Crippen LogP contribution >= 0.6 is 23.7 Å². The Kier molecular flexibility index (Phi) is 6.88. The molecular formula is C17H19ClF3N3OS. The number of alkyl halides is 3. The largest absolute Gasteiger partial charge is 0.416 e. The molecule has 4 nitrogen and oxygen atoms in total. The lowest BCUT2D eigenvalue weighted by molar-refractivity contribution is -0.138. The van der Waals surface area contributed by atoms with Crippen molar-refractivity contribution in [3.8, 4) is 0 Å². The molecule has 0 N–H and O–H groups in total. The van der Waals surface area contributed by atoms with Crippen LogP contribution in [-0.2, 0) is 17.4 Å². The molecule has 26 heavy (non-hydrogen) atoms. The van der Waals surface area contributed by atoms with Crippen molar-refractivity contribution in [3.63, 3.8) is 0 Å². The van der Waals surface area contributed by atoms with Crippen LogP contribution in [0.2, 0.25) is 0 Å². The van der Waals surface area contributed by atoms with Crippen molar-refractivity contribution in [1.82, 2.24) is 9.88 Å². The number of benzene rings is 1. The third-order valence-electron chi connectivity index (χ3n) is 4.25. The number of thiazole rings is 1. The number of amides is 1. The SMILES string of the molecule is Cl.O=C(CCc1ccccc1C(F)(F)F)N1CCN(c2nccs2)CC1. The average molecular weight is 406 g/mol. The number of hydrogen-bond donors (Lipinski definition) is 0. The summed E-state index contributed by atoms with van der Waals surface area (Å²) in [6.07, 6.45) is -2.46. The Morgan fingerprint density at radius 2 is 1.85 bits per heavy atom. The van der Waals surface area contributed by atoms with Crippen LogP contribution in [0, 0.1) is 0 Å². The van der Waals surface area contributed by atoms with Crippen LogP contribution in [-0.4, -0.2) is 42.0 Å². The van der Waals surface area contributed by atoms with E-state index in [4.69, 9.17) is 0 Å². The topological polar surface area (TPSA) is 36.4 Å². The molecule has 1 amide bonds. The minimum Gasteiger partial charge on any atom is -0.345 e. The van der Waals surface area contributed by atoms with Crippen molar-refractivity contribution < 1.29 is 18.0 Å². The summed E-state index contributed by atoms with van der Waals surface area (Å²) < 4.78 is 39.0. The van der Waals surface area contributed by atoms with E-state index in [9.17, 15) is 18.0 Å².